The number of anilines is 2. The summed E-state index contributed by atoms with van der Waals surface area (Å²) in [4.78, 5) is 7.76. The molecule has 0 fully saturated rings. The normalized spacial score (nSPS) is 10.8. The second-order valence-corrected chi connectivity index (χ2v) is 2.46. The zero-order chi connectivity index (χ0) is 8.72. The molecule has 0 amide bonds. The molecular weight excluding hydrogens is 156 g/mol. The Balaban J connectivity index is 2.95. The van der Waals surface area contributed by atoms with Crippen LogP contribution < -0.4 is 11.5 Å². The van der Waals surface area contributed by atoms with Crippen molar-refractivity contribution in [3.63, 3.8) is 0 Å². The maximum absolute atomic E-state index is 5.66. The van der Waals surface area contributed by atoms with Gasteiger partial charge in [-0.3, -0.25) is 4.68 Å². The van der Waals surface area contributed by atoms with Crippen molar-refractivity contribution in [1.29, 1.82) is 0 Å². The Morgan fingerprint density at radius 3 is 2.67 bits per heavy atom. The summed E-state index contributed by atoms with van der Waals surface area (Å²) in [5.74, 6) is 0.853. The summed E-state index contributed by atoms with van der Waals surface area (Å²) >= 11 is 0. The van der Waals surface area contributed by atoms with Crippen molar-refractivity contribution in [3.8, 4) is 0 Å². The molecule has 2 heterocycles. The van der Waals surface area contributed by atoms with Crippen molar-refractivity contribution in [3.05, 3.63) is 6.33 Å². The summed E-state index contributed by atoms with van der Waals surface area (Å²) in [5.41, 5.74) is 12.4. The SMILES string of the molecule is Cn1nc2c(N)ncnc2c1N. The van der Waals surface area contributed by atoms with Gasteiger partial charge >= 0.3 is 0 Å². The monoisotopic (exact) mass is 164 g/mol. The average Bonchev–Trinajstić information content (AvgIpc) is 2.32. The van der Waals surface area contributed by atoms with Gasteiger partial charge in [0.2, 0.25) is 0 Å². The molecule has 4 N–H and O–H groups in total. The highest BCUT2D eigenvalue weighted by Crippen LogP contribution is 2.19. The second kappa shape index (κ2) is 2.07. The molecular formula is C6H8N6. The third kappa shape index (κ3) is 0.714. The van der Waals surface area contributed by atoms with E-state index in [1.807, 2.05) is 0 Å². The van der Waals surface area contributed by atoms with E-state index in [2.05, 4.69) is 15.1 Å². The summed E-state index contributed by atoms with van der Waals surface area (Å²) in [6.45, 7) is 0. The smallest absolute Gasteiger partial charge is 0.155 e. The average molecular weight is 164 g/mol. The highest BCUT2D eigenvalue weighted by molar-refractivity contribution is 5.91. The summed E-state index contributed by atoms with van der Waals surface area (Å²) in [5, 5.41) is 4.05. The van der Waals surface area contributed by atoms with Crippen LogP contribution in [0.25, 0.3) is 11.0 Å². The minimum absolute atomic E-state index is 0.354. The molecule has 0 bridgehead atoms. The van der Waals surface area contributed by atoms with Crippen LogP contribution in [0.4, 0.5) is 11.6 Å². The molecule has 6 nitrogen and oxygen atoms in total. The largest absolute Gasteiger partial charge is 0.382 e. The number of nitrogens with zero attached hydrogens (tertiary/aromatic N) is 4. The maximum Gasteiger partial charge on any atom is 0.155 e. The van der Waals surface area contributed by atoms with Gasteiger partial charge in [0.05, 0.1) is 0 Å². The van der Waals surface area contributed by atoms with Gasteiger partial charge < -0.3 is 11.5 Å². The van der Waals surface area contributed by atoms with Crippen molar-refractivity contribution < 1.29 is 0 Å². The molecule has 62 valence electrons. The zero-order valence-corrected chi connectivity index (χ0v) is 6.52. The molecule has 2 aromatic heterocycles. The fraction of sp³-hybridized carbons (Fsp3) is 0.167. The number of aromatic nitrogens is 4. The molecule has 0 aliphatic rings. The molecule has 6 heteroatoms. The van der Waals surface area contributed by atoms with E-state index in [-0.39, 0.29) is 0 Å². The highest BCUT2D eigenvalue weighted by Gasteiger charge is 2.09. The van der Waals surface area contributed by atoms with Crippen LogP contribution in [-0.2, 0) is 7.05 Å². The third-order valence-corrected chi connectivity index (χ3v) is 1.69. The van der Waals surface area contributed by atoms with Gasteiger partial charge in [0.1, 0.15) is 17.7 Å². The van der Waals surface area contributed by atoms with Gasteiger partial charge in [-0.25, -0.2) is 9.97 Å². The van der Waals surface area contributed by atoms with Gasteiger partial charge in [-0.05, 0) is 0 Å². The molecule has 12 heavy (non-hydrogen) atoms. The molecule has 0 saturated heterocycles. The lowest BCUT2D eigenvalue weighted by Crippen LogP contribution is -1.97. The summed E-state index contributed by atoms with van der Waals surface area (Å²) in [6.07, 6.45) is 1.37. The molecule has 2 aromatic rings. The number of fused-ring (bicyclic) bond motifs is 1. The van der Waals surface area contributed by atoms with Crippen LogP contribution in [0.2, 0.25) is 0 Å². The van der Waals surface area contributed by atoms with E-state index >= 15 is 0 Å². The summed E-state index contributed by atoms with van der Waals surface area (Å²) in [7, 11) is 1.73. The Morgan fingerprint density at radius 2 is 2.00 bits per heavy atom. The summed E-state index contributed by atoms with van der Waals surface area (Å²) < 4.78 is 1.52. The topological polar surface area (TPSA) is 95.6 Å². The van der Waals surface area contributed by atoms with E-state index in [1.165, 1.54) is 11.0 Å². The minimum Gasteiger partial charge on any atom is -0.382 e. The first-order chi connectivity index (χ1) is 5.70. The van der Waals surface area contributed by atoms with Gasteiger partial charge in [-0.15, -0.1) is 0 Å². The maximum atomic E-state index is 5.66. The van der Waals surface area contributed by atoms with E-state index in [4.69, 9.17) is 11.5 Å². The molecule has 0 spiro atoms. The highest BCUT2D eigenvalue weighted by atomic mass is 15.3. The standard InChI is InChI=1S/C6H8N6/c1-12-6(8)4-3(11-12)5(7)10-2-9-4/h2H,8H2,1H3,(H2,7,9,10). The van der Waals surface area contributed by atoms with Gasteiger partial charge in [0.15, 0.2) is 11.3 Å². The molecule has 0 aromatic carbocycles. The molecule has 0 unspecified atom stereocenters. The molecule has 0 aliphatic heterocycles. The van der Waals surface area contributed by atoms with Gasteiger partial charge in [0.25, 0.3) is 0 Å². The lowest BCUT2D eigenvalue weighted by Gasteiger charge is -1.90. The van der Waals surface area contributed by atoms with Crippen molar-refractivity contribution in [2.75, 3.05) is 11.5 Å². The quantitative estimate of drug-likeness (QED) is 0.548. The van der Waals surface area contributed by atoms with Crippen LogP contribution in [0.3, 0.4) is 0 Å². The second-order valence-electron chi connectivity index (χ2n) is 2.46. The fourth-order valence-corrected chi connectivity index (χ4v) is 1.04. The molecule has 2 rings (SSSR count). The predicted octanol–water partition coefficient (Wildman–Crippen LogP) is -0.472. The number of nitrogen functional groups attached to an aromatic ring is 2. The Morgan fingerprint density at radius 1 is 1.25 bits per heavy atom. The number of nitrogens with two attached hydrogens (primary N) is 2. The Hall–Kier alpha value is -1.85. The first-order valence-electron chi connectivity index (χ1n) is 3.39. The van der Waals surface area contributed by atoms with Crippen molar-refractivity contribution in [2.24, 2.45) is 7.05 Å². The Labute approximate surface area is 68.2 Å². The van der Waals surface area contributed by atoms with Gasteiger partial charge in [-0.1, -0.05) is 0 Å². The number of hydrogen-bond acceptors (Lipinski definition) is 5. The number of rotatable bonds is 0. The number of hydrogen-bond donors (Lipinski definition) is 2. The van der Waals surface area contributed by atoms with E-state index in [0.717, 1.165) is 0 Å². The Kier molecular flexibility index (Phi) is 1.18. The van der Waals surface area contributed by atoms with E-state index < -0.39 is 0 Å². The van der Waals surface area contributed by atoms with Crippen molar-refractivity contribution >= 4 is 22.7 Å². The van der Waals surface area contributed by atoms with E-state index in [9.17, 15) is 0 Å². The third-order valence-electron chi connectivity index (χ3n) is 1.69. The minimum atomic E-state index is 0.354. The van der Waals surface area contributed by atoms with Crippen LogP contribution in [0, 0.1) is 0 Å². The van der Waals surface area contributed by atoms with Gasteiger partial charge in [-0.2, -0.15) is 5.10 Å². The first kappa shape index (κ1) is 6.84. The zero-order valence-electron chi connectivity index (χ0n) is 6.52. The van der Waals surface area contributed by atoms with Crippen molar-refractivity contribution in [1.82, 2.24) is 19.7 Å². The van der Waals surface area contributed by atoms with Gasteiger partial charge in [0, 0.05) is 7.05 Å². The lowest BCUT2D eigenvalue weighted by atomic mass is 10.4. The van der Waals surface area contributed by atoms with E-state index in [1.54, 1.807) is 7.05 Å². The van der Waals surface area contributed by atoms with Crippen molar-refractivity contribution in [2.45, 2.75) is 0 Å². The van der Waals surface area contributed by atoms with E-state index in [0.29, 0.717) is 22.7 Å². The number of aryl methyl sites for hydroxylation is 1. The van der Waals surface area contributed by atoms with Crippen LogP contribution in [-0.4, -0.2) is 19.7 Å². The molecule has 0 atom stereocenters. The fourth-order valence-electron chi connectivity index (χ4n) is 1.04. The van der Waals surface area contributed by atoms with Crippen LogP contribution in [0.5, 0.6) is 0 Å². The van der Waals surface area contributed by atoms with Crippen LogP contribution in [0.1, 0.15) is 0 Å². The van der Waals surface area contributed by atoms with Crippen LogP contribution >= 0.6 is 0 Å². The Bertz CT molecular complexity index is 431. The molecule has 0 aliphatic carbocycles. The predicted molar refractivity (Wildman–Crippen MR) is 45.1 cm³/mol. The lowest BCUT2D eigenvalue weighted by molar-refractivity contribution is 0.791. The molecule has 0 saturated carbocycles. The molecule has 0 radical (unpaired) electrons. The van der Waals surface area contributed by atoms with Crippen LogP contribution in [0.15, 0.2) is 6.33 Å². The first-order valence-corrected chi connectivity index (χ1v) is 3.39. The summed E-state index contributed by atoms with van der Waals surface area (Å²) in [6, 6.07) is 0.